The molecule has 8 bridgehead atoms. The Labute approximate surface area is 195 Å². The molecular formula is C28H44N4. The van der Waals surface area contributed by atoms with Gasteiger partial charge in [-0.1, -0.05) is 49.8 Å². The first-order valence-electron chi connectivity index (χ1n) is 13.1. The summed E-state index contributed by atoms with van der Waals surface area (Å²) in [6.45, 7) is 17.9. The van der Waals surface area contributed by atoms with E-state index in [2.05, 4.69) is 80.3 Å². The Morgan fingerprint density at radius 2 is 1.59 bits per heavy atom. The summed E-state index contributed by atoms with van der Waals surface area (Å²) in [5, 5.41) is 16.1. The van der Waals surface area contributed by atoms with Gasteiger partial charge in [-0.3, -0.25) is 0 Å². The molecule has 176 valence electrons. The molecule has 5 rings (SSSR count). The van der Waals surface area contributed by atoms with E-state index in [1.165, 1.54) is 36.0 Å². The Kier molecular flexibility index (Phi) is 6.26. The zero-order valence-corrected chi connectivity index (χ0v) is 20.5. The number of hydrogen-bond donors (Lipinski definition) is 4. The zero-order valence-electron chi connectivity index (χ0n) is 20.5. The predicted molar refractivity (Wildman–Crippen MR) is 135 cm³/mol. The highest BCUT2D eigenvalue weighted by molar-refractivity contribution is 5.37. The average Bonchev–Trinajstić information content (AvgIpc) is 3.44. The minimum Gasteiger partial charge on any atom is -0.311 e. The molecule has 32 heavy (non-hydrogen) atoms. The second kappa shape index (κ2) is 8.87. The monoisotopic (exact) mass is 436 g/mol. The van der Waals surface area contributed by atoms with Crippen molar-refractivity contribution in [1.82, 2.24) is 21.3 Å². The Balaban J connectivity index is 1.44. The van der Waals surface area contributed by atoms with Crippen LogP contribution in [0.15, 0.2) is 48.1 Å². The lowest BCUT2D eigenvalue weighted by Gasteiger charge is -2.27. The molecule has 0 aromatic heterocycles. The molecular weight excluding hydrogens is 392 g/mol. The molecule has 3 saturated heterocycles. The van der Waals surface area contributed by atoms with Crippen molar-refractivity contribution in [2.45, 2.75) is 108 Å². The van der Waals surface area contributed by atoms with Crippen LogP contribution in [0, 0.1) is 17.8 Å². The summed E-state index contributed by atoms with van der Waals surface area (Å²) >= 11 is 0. The Bertz CT molecular complexity index is 812. The molecule has 0 aliphatic carbocycles. The van der Waals surface area contributed by atoms with Crippen LogP contribution in [0.4, 0.5) is 0 Å². The average molecular weight is 437 g/mol. The summed E-state index contributed by atoms with van der Waals surface area (Å²) in [6.07, 6.45) is 12.8. The van der Waals surface area contributed by atoms with E-state index in [0.29, 0.717) is 66.1 Å². The van der Waals surface area contributed by atoms with Gasteiger partial charge in [-0.05, 0) is 69.3 Å². The van der Waals surface area contributed by atoms with Crippen molar-refractivity contribution in [3.05, 3.63) is 48.1 Å². The zero-order chi connectivity index (χ0) is 22.6. The van der Waals surface area contributed by atoms with Crippen LogP contribution >= 0.6 is 0 Å². The molecule has 4 heteroatoms. The lowest BCUT2D eigenvalue weighted by Crippen LogP contribution is -2.45. The van der Waals surface area contributed by atoms with Gasteiger partial charge >= 0.3 is 0 Å². The van der Waals surface area contributed by atoms with E-state index >= 15 is 0 Å². The highest BCUT2D eigenvalue weighted by atomic mass is 15.1. The molecule has 0 spiro atoms. The van der Waals surface area contributed by atoms with Gasteiger partial charge in [0.1, 0.15) is 0 Å². The Morgan fingerprint density at radius 3 is 2.34 bits per heavy atom. The van der Waals surface area contributed by atoms with Crippen molar-refractivity contribution in [1.29, 1.82) is 0 Å². The van der Waals surface area contributed by atoms with Gasteiger partial charge in [0.25, 0.3) is 0 Å². The lowest BCUT2D eigenvalue weighted by atomic mass is 9.84. The van der Waals surface area contributed by atoms with Crippen LogP contribution in [0.1, 0.15) is 59.8 Å². The SMILES string of the molecule is C=CC1=C(C)C2CC3NC(CC4C=C(C)C(CC5CC(C)C(CC1N2)N5)N4)C(C)C3C=C. The van der Waals surface area contributed by atoms with E-state index in [1.807, 2.05) is 0 Å². The number of hydrogen-bond acceptors (Lipinski definition) is 4. The highest BCUT2D eigenvalue weighted by Crippen LogP contribution is 2.38. The van der Waals surface area contributed by atoms with Gasteiger partial charge in [0, 0.05) is 48.3 Å². The maximum Gasteiger partial charge on any atom is 0.0340 e. The molecule has 5 aliphatic rings. The fraction of sp³-hybridized carbons (Fsp3) is 0.714. The summed E-state index contributed by atoms with van der Waals surface area (Å²) < 4.78 is 0. The maximum atomic E-state index is 4.23. The normalized spacial score (nSPS) is 48.8. The summed E-state index contributed by atoms with van der Waals surface area (Å²) in [7, 11) is 0. The van der Waals surface area contributed by atoms with Crippen LogP contribution in [-0.2, 0) is 0 Å². The third-order valence-electron chi connectivity index (χ3n) is 9.61. The second-order valence-electron chi connectivity index (χ2n) is 11.5. The van der Waals surface area contributed by atoms with Crippen molar-refractivity contribution >= 4 is 0 Å². The topological polar surface area (TPSA) is 48.1 Å². The highest BCUT2D eigenvalue weighted by Gasteiger charge is 2.44. The first-order chi connectivity index (χ1) is 15.4. The first kappa shape index (κ1) is 22.6. The van der Waals surface area contributed by atoms with Crippen LogP contribution in [0.3, 0.4) is 0 Å². The molecule has 5 aliphatic heterocycles. The molecule has 11 unspecified atom stereocenters. The predicted octanol–water partition coefficient (Wildman–Crippen LogP) is 3.84. The Hall–Kier alpha value is -1.20. The minimum absolute atomic E-state index is 0.413. The number of fused-ring (bicyclic) bond motifs is 8. The van der Waals surface area contributed by atoms with Gasteiger partial charge in [-0.25, -0.2) is 0 Å². The standard InChI is InChI=1S/C28H44N4/c1-7-21-17(5)25-12-20-9-15(3)23(29-20)11-19-10-16(4)24(30-19)13-27-22(8-2)18(6)26(32-27)14-28(21)31-25/h7-9,16-17,19-21,23-32H,1-2,10-14H2,3-6H3. The van der Waals surface area contributed by atoms with E-state index in [9.17, 15) is 0 Å². The van der Waals surface area contributed by atoms with Gasteiger partial charge in [0.2, 0.25) is 0 Å². The molecule has 5 heterocycles. The van der Waals surface area contributed by atoms with E-state index in [-0.39, 0.29) is 0 Å². The summed E-state index contributed by atoms with van der Waals surface area (Å²) in [5.41, 5.74) is 4.47. The van der Waals surface area contributed by atoms with Gasteiger partial charge in [-0.2, -0.15) is 0 Å². The summed E-state index contributed by atoms with van der Waals surface area (Å²) in [5.74, 6) is 1.85. The van der Waals surface area contributed by atoms with Gasteiger partial charge in [0.05, 0.1) is 0 Å². The molecule has 4 nitrogen and oxygen atoms in total. The lowest BCUT2D eigenvalue weighted by molar-refractivity contribution is 0.361. The van der Waals surface area contributed by atoms with E-state index in [1.54, 1.807) is 0 Å². The molecule has 0 aromatic rings. The fourth-order valence-corrected chi connectivity index (χ4v) is 7.68. The van der Waals surface area contributed by atoms with E-state index in [4.69, 9.17) is 0 Å². The van der Waals surface area contributed by atoms with Gasteiger partial charge < -0.3 is 21.3 Å². The minimum atomic E-state index is 0.413. The third-order valence-corrected chi connectivity index (χ3v) is 9.61. The fourth-order valence-electron chi connectivity index (χ4n) is 7.68. The molecule has 0 aromatic carbocycles. The number of nitrogens with one attached hydrogen (secondary N) is 4. The second-order valence-corrected chi connectivity index (χ2v) is 11.5. The van der Waals surface area contributed by atoms with E-state index in [0.717, 1.165) is 12.8 Å². The maximum absolute atomic E-state index is 4.23. The molecule has 11 atom stereocenters. The van der Waals surface area contributed by atoms with Crippen LogP contribution in [0.2, 0.25) is 0 Å². The van der Waals surface area contributed by atoms with Crippen LogP contribution in [0.25, 0.3) is 0 Å². The summed E-state index contributed by atoms with van der Waals surface area (Å²) in [4.78, 5) is 0. The summed E-state index contributed by atoms with van der Waals surface area (Å²) in [6, 6.07) is 4.03. The Morgan fingerprint density at radius 1 is 0.812 bits per heavy atom. The van der Waals surface area contributed by atoms with Crippen molar-refractivity contribution in [2.75, 3.05) is 0 Å². The third kappa shape index (κ3) is 3.98. The van der Waals surface area contributed by atoms with Crippen molar-refractivity contribution in [3.63, 3.8) is 0 Å². The first-order valence-corrected chi connectivity index (χ1v) is 13.1. The van der Waals surface area contributed by atoms with Crippen molar-refractivity contribution < 1.29 is 0 Å². The smallest absolute Gasteiger partial charge is 0.0340 e. The van der Waals surface area contributed by atoms with Crippen molar-refractivity contribution in [3.8, 4) is 0 Å². The molecule has 0 radical (unpaired) electrons. The van der Waals surface area contributed by atoms with Gasteiger partial charge in [-0.15, -0.1) is 6.58 Å². The molecule has 3 fully saturated rings. The largest absolute Gasteiger partial charge is 0.311 e. The van der Waals surface area contributed by atoms with Crippen LogP contribution < -0.4 is 21.3 Å². The van der Waals surface area contributed by atoms with Crippen molar-refractivity contribution in [2.24, 2.45) is 17.8 Å². The van der Waals surface area contributed by atoms with Crippen LogP contribution in [-0.4, -0.2) is 48.3 Å². The van der Waals surface area contributed by atoms with Crippen LogP contribution in [0.5, 0.6) is 0 Å². The van der Waals surface area contributed by atoms with E-state index < -0.39 is 0 Å². The molecule has 4 N–H and O–H groups in total. The molecule has 0 amide bonds. The quantitative estimate of drug-likeness (QED) is 0.497. The molecule has 0 saturated carbocycles. The number of rotatable bonds is 2. The van der Waals surface area contributed by atoms with Gasteiger partial charge in [0.15, 0.2) is 0 Å².